The van der Waals surface area contributed by atoms with Gasteiger partial charge in [0.2, 0.25) is 5.91 Å². The highest BCUT2D eigenvalue weighted by Gasteiger charge is 2.40. The molecule has 31 heavy (non-hydrogen) atoms. The van der Waals surface area contributed by atoms with Gasteiger partial charge in [0.1, 0.15) is 0 Å². The van der Waals surface area contributed by atoms with Gasteiger partial charge in [-0.3, -0.25) is 14.5 Å². The van der Waals surface area contributed by atoms with E-state index in [0.717, 1.165) is 25.8 Å². The molecular formula is C25H30ClN3O2. The first-order chi connectivity index (χ1) is 15.1. The second-order valence-corrected chi connectivity index (χ2v) is 9.08. The molecule has 2 aromatic rings. The molecule has 2 heterocycles. The Hall–Kier alpha value is -2.37. The molecule has 4 rings (SSSR count). The second-order valence-electron chi connectivity index (χ2n) is 8.64. The predicted molar refractivity (Wildman–Crippen MR) is 123 cm³/mol. The van der Waals surface area contributed by atoms with Crippen LogP contribution < -0.4 is 10.6 Å². The van der Waals surface area contributed by atoms with Crippen molar-refractivity contribution in [1.82, 2.24) is 15.5 Å². The summed E-state index contributed by atoms with van der Waals surface area (Å²) >= 11 is 5.93. The van der Waals surface area contributed by atoms with Gasteiger partial charge in [0.15, 0.2) is 0 Å². The lowest BCUT2D eigenvalue weighted by Gasteiger charge is -2.39. The number of nitrogens with one attached hydrogen (secondary N) is 2. The lowest BCUT2D eigenvalue weighted by molar-refractivity contribution is -0.121. The zero-order valence-corrected chi connectivity index (χ0v) is 18.5. The number of amides is 2. The van der Waals surface area contributed by atoms with Gasteiger partial charge < -0.3 is 10.6 Å². The van der Waals surface area contributed by atoms with Crippen molar-refractivity contribution in [3.8, 4) is 0 Å². The summed E-state index contributed by atoms with van der Waals surface area (Å²) in [4.78, 5) is 27.2. The first-order valence-corrected chi connectivity index (χ1v) is 11.6. The van der Waals surface area contributed by atoms with Crippen molar-refractivity contribution in [2.75, 3.05) is 13.1 Å². The van der Waals surface area contributed by atoms with Crippen molar-refractivity contribution in [1.29, 1.82) is 0 Å². The molecule has 0 radical (unpaired) electrons. The van der Waals surface area contributed by atoms with Crippen LogP contribution in [0.1, 0.15) is 48.0 Å². The van der Waals surface area contributed by atoms with Gasteiger partial charge in [0.25, 0.3) is 5.91 Å². The number of aryl methyl sites for hydroxylation is 1. The number of carbonyl (C=O) groups is 2. The number of hydrogen-bond acceptors (Lipinski definition) is 3. The second kappa shape index (κ2) is 10.3. The van der Waals surface area contributed by atoms with Gasteiger partial charge in [-0.2, -0.15) is 0 Å². The Bertz CT molecular complexity index is 891. The van der Waals surface area contributed by atoms with Crippen LogP contribution in [0.4, 0.5) is 0 Å². The lowest BCUT2D eigenvalue weighted by Crippen LogP contribution is -2.52. The highest BCUT2D eigenvalue weighted by molar-refractivity contribution is 6.30. The van der Waals surface area contributed by atoms with Crippen molar-refractivity contribution < 1.29 is 9.59 Å². The van der Waals surface area contributed by atoms with Crippen LogP contribution in [0.5, 0.6) is 0 Å². The van der Waals surface area contributed by atoms with E-state index in [1.54, 1.807) is 24.3 Å². The number of piperidine rings is 1. The van der Waals surface area contributed by atoms with Crippen molar-refractivity contribution in [3.63, 3.8) is 0 Å². The van der Waals surface area contributed by atoms with Gasteiger partial charge >= 0.3 is 0 Å². The Labute approximate surface area is 189 Å². The fraction of sp³-hybridized carbons (Fsp3) is 0.440. The molecule has 2 fully saturated rings. The Morgan fingerprint density at radius 1 is 1.00 bits per heavy atom. The van der Waals surface area contributed by atoms with E-state index in [1.807, 2.05) is 0 Å². The van der Waals surface area contributed by atoms with Gasteiger partial charge in [-0.15, -0.1) is 0 Å². The molecule has 0 aromatic heterocycles. The van der Waals surface area contributed by atoms with Crippen LogP contribution in [0.2, 0.25) is 5.02 Å². The van der Waals surface area contributed by atoms with Gasteiger partial charge in [0, 0.05) is 28.7 Å². The van der Waals surface area contributed by atoms with E-state index >= 15 is 0 Å². The molecule has 2 aromatic carbocycles. The molecule has 2 saturated heterocycles. The molecule has 3 atom stereocenters. The number of fused-ring (bicyclic) bond motifs is 2. The van der Waals surface area contributed by atoms with Crippen LogP contribution in [0.15, 0.2) is 54.6 Å². The summed E-state index contributed by atoms with van der Waals surface area (Å²) in [5.74, 6) is -0.414. The molecule has 164 valence electrons. The van der Waals surface area contributed by atoms with Crippen LogP contribution in [0.25, 0.3) is 0 Å². The smallest absolute Gasteiger partial charge is 0.251 e. The van der Waals surface area contributed by atoms with E-state index in [1.165, 1.54) is 24.8 Å². The maximum atomic E-state index is 12.4. The van der Waals surface area contributed by atoms with Gasteiger partial charge in [0.05, 0.1) is 6.54 Å². The minimum atomic E-state index is -0.286. The maximum absolute atomic E-state index is 12.4. The lowest BCUT2D eigenvalue weighted by atomic mass is 9.96. The molecule has 0 aliphatic carbocycles. The molecule has 2 aliphatic rings. The summed E-state index contributed by atoms with van der Waals surface area (Å²) in [6.07, 6.45) is 6.71. The van der Waals surface area contributed by atoms with Crippen LogP contribution >= 0.6 is 11.6 Å². The summed E-state index contributed by atoms with van der Waals surface area (Å²) in [5.41, 5.74) is 1.86. The monoisotopic (exact) mass is 439 g/mol. The number of benzene rings is 2. The van der Waals surface area contributed by atoms with E-state index in [0.29, 0.717) is 22.7 Å². The zero-order chi connectivity index (χ0) is 21.6. The topological polar surface area (TPSA) is 61.4 Å². The molecule has 0 saturated carbocycles. The zero-order valence-electron chi connectivity index (χ0n) is 17.7. The third kappa shape index (κ3) is 5.86. The fourth-order valence-electron chi connectivity index (χ4n) is 5.04. The summed E-state index contributed by atoms with van der Waals surface area (Å²) < 4.78 is 0. The maximum Gasteiger partial charge on any atom is 0.251 e. The molecular weight excluding hydrogens is 410 g/mol. The minimum Gasteiger partial charge on any atom is -0.352 e. The molecule has 2 N–H and O–H groups in total. The van der Waals surface area contributed by atoms with Gasteiger partial charge in [-0.1, -0.05) is 48.0 Å². The van der Waals surface area contributed by atoms with Gasteiger partial charge in [-0.25, -0.2) is 0 Å². The number of rotatable bonds is 8. The SMILES string of the molecule is O=C(CNC(=O)c1cccc(Cl)c1)NC1C[C@H]2CC[C@@H](C1)N2CCCc1ccccc1. The van der Waals surface area contributed by atoms with Crippen molar-refractivity contribution >= 4 is 23.4 Å². The van der Waals surface area contributed by atoms with E-state index in [4.69, 9.17) is 11.6 Å². The molecule has 5 nitrogen and oxygen atoms in total. The highest BCUT2D eigenvalue weighted by Crippen LogP contribution is 2.35. The summed E-state index contributed by atoms with van der Waals surface area (Å²) in [7, 11) is 0. The van der Waals surface area contributed by atoms with Crippen molar-refractivity contribution in [2.45, 2.75) is 56.7 Å². The first-order valence-electron chi connectivity index (χ1n) is 11.2. The summed E-state index contributed by atoms with van der Waals surface area (Å²) in [6, 6.07) is 18.7. The average Bonchev–Trinajstić information content (AvgIpc) is 3.01. The van der Waals surface area contributed by atoms with E-state index in [2.05, 4.69) is 45.9 Å². The minimum absolute atomic E-state index is 0.0159. The molecule has 2 amide bonds. The summed E-state index contributed by atoms with van der Waals surface area (Å²) in [5, 5.41) is 6.32. The fourth-order valence-corrected chi connectivity index (χ4v) is 5.23. The van der Waals surface area contributed by atoms with Crippen molar-refractivity contribution in [3.05, 3.63) is 70.7 Å². The number of nitrogens with zero attached hydrogens (tertiary/aromatic N) is 1. The normalized spacial score (nSPS) is 22.8. The van der Waals surface area contributed by atoms with Crippen LogP contribution in [0.3, 0.4) is 0 Å². The molecule has 6 heteroatoms. The standard InChI is InChI=1S/C25H30ClN3O2/c26-20-10-4-9-19(14-20)25(31)27-17-24(30)28-21-15-22-11-12-23(16-21)29(22)13-5-8-18-6-2-1-3-7-18/h1-4,6-7,9-10,14,21-23H,5,8,11-13,15-17H2,(H,27,31)(H,28,30)/t21?,22-,23+. The number of carbonyl (C=O) groups excluding carboxylic acids is 2. The van der Waals surface area contributed by atoms with E-state index in [-0.39, 0.29) is 24.4 Å². The highest BCUT2D eigenvalue weighted by atomic mass is 35.5. The molecule has 1 unspecified atom stereocenters. The Morgan fingerprint density at radius 2 is 1.74 bits per heavy atom. The quantitative estimate of drug-likeness (QED) is 0.657. The third-order valence-electron chi connectivity index (χ3n) is 6.47. The molecule has 2 aliphatic heterocycles. The van der Waals surface area contributed by atoms with Gasteiger partial charge in [-0.05, 0) is 68.8 Å². The Kier molecular flexibility index (Phi) is 7.25. The van der Waals surface area contributed by atoms with Crippen molar-refractivity contribution in [2.24, 2.45) is 0 Å². The average molecular weight is 440 g/mol. The predicted octanol–water partition coefficient (Wildman–Crippen LogP) is 3.81. The van der Waals surface area contributed by atoms with Crippen LogP contribution in [-0.4, -0.2) is 47.9 Å². The van der Waals surface area contributed by atoms with E-state index in [9.17, 15) is 9.59 Å². The van der Waals surface area contributed by atoms with Crippen LogP contribution in [0, 0.1) is 0 Å². The molecule has 0 spiro atoms. The first kappa shape index (κ1) is 21.8. The largest absolute Gasteiger partial charge is 0.352 e. The Balaban J connectivity index is 1.20. The number of halogens is 1. The summed E-state index contributed by atoms with van der Waals surface area (Å²) in [6.45, 7) is 1.11. The van der Waals surface area contributed by atoms with E-state index < -0.39 is 0 Å². The molecule has 2 bridgehead atoms. The third-order valence-corrected chi connectivity index (χ3v) is 6.71. The number of hydrogen-bond donors (Lipinski definition) is 2. The Morgan fingerprint density at radius 3 is 2.45 bits per heavy atom. The van der Waals surface area contributed by atoms with Crippen LogP contribution in [-0.2, 0) is 11.2 Å².